The van der Waals surface area contributed by atoms with E-state index in [-0.39, 0.29) is 5.54 Å². The molecule has 0 aliphatic rings. The van der Waals surface area contributed by atoms with Crippen molar-refractivity contribution >= 4 is 22.5 Å². The Balaban J connectivity index is 2.89. The Labute approximate surface area is 83.9 Å². The molecule has 13 heavy (non-hydrogen) atoms. The van der Waals surface area contributed by atoms with Gasteiger partial charge in [-0.3, -0.25) is 0 Å². The van der Waals surface area contributed by atoms with E-state index in [0.717, 1.165) is 10.8 Å². The van der Waals surface area contributed by atoms with Gasteiger partial charge in [0, 0.05) is 18.0 Å². The average Bonchev–Trinajstić information content (AvgIpc) is 2.48. The first-order valence-corrected chi connectivity index (χ1v) is 5.15. The maximum atomic E-state index is 4.42. The second kappa shape index (κ2) is 3.50. The van der Waals surface area contributed by atoms with Gasteiger partial charge < -0.3 is 4.90 Å². The Morgan fingerprint density at radius 1 is 1.54 bits per heavy atom. The molecule has 0 amide bonds. The van der Waals surface area contributed by atoms with Crippen LogP contribution in [0.15, 0.2) is 12.0 Å². The van der Waals surface area contributed by atoms with Crippen LogP contribution in [0.2, 0.25) is 0 Å². The van der Waals surface area contributed by atoms with Gasteiger partial charge in [-0.1, -0.05) is 6.58 Å². The Bertz CT molecular complexity index is 296. The van der Waals surface area contributed by atoms with Gasteiger partial charge in [-0.25, -0.2) is 4.98 Å². The molecule has 0 aliphatic heterocycles. The molecule has 1 heterocycles. The highest BCUT2D eigenvalue weighted by Gasteiger charge is 2.19. The van der Waals surface area contributed by atoms with Crippen molar-refractivity contribution in [2.45, 2.75) is 26.3 Å². The maximum absolute atomic E-state index is 4.42. The molecule has 2 nitrogen and oxygen atoms in total. The van der Waals surface area contributed by atoms with E-state index in [1.807, 2.05) is 5.38 Å². The zero-order valence-electron chi connectivity index (χ0n) is 8.66. The van der Waals surface area contributed by atoms with Crippen molar-refractivity contribution in [1.29, 1.82) is 0 Å². The lowest BCUT2D eigenvalue weighted by Gasteiger charge is -2.31. The zero-order chi connectivity index (χ0) is 10.1. The lowest BCUT2D eigenvalue weighted by molar-refractivity contribution is 0.537. The topological polar surface area (TPSA) is 16.1 Å². The Morgan fingerprint density at radius 3 is 2.54 bits per heavy atom. The number of rotatable bonds is 2. The standard InChI is InChI=1S/C10H16N2S/c1-6-8-7-13-9(11-8)12(5)10(2,3)4/h6-7H,1H2,2-5H3. The molecule has 0 unspecified atom stereocenters. The maximum Gasteiger partial charge on any atom is 0.186 e. The van der Waals surface area contributed by atoms with Crippen molar-refractivity contribution in [3.8, 4) is 0 Å². The van der Waals surface area contributed by atoms with Crippen LogP contribution in [-0.4, -0.2) is 17.6 Å². The molecule has 0 saturated heterocycles. The summed E-state index contributed by atoms with van der Waals surface area (Å²) in [6.07, 6.45) is 1.77. The second-order valence-electron chi connectivity index (χ2n) is 3.99. The van der Waals surface area contributed by atoms with Crippen LogP contribution in [0.3, 0.4) is 0 Å². The molecule has 0 aliphatic carbocycles. The van der Waals surface area contributed by atoms with E-state index >= 15 is 0 Å². The van der Waals surface area contributed by atoms with Gasteiger partial charge in [0.25, 0.3) is 0 Å². The summed E-state index contributed by atoms with van der Waals surface area (Å²) < 4.78 is 0. The van der Waals surface area contributed by atoms with E-state index in [0.29, 0.717) is 0 Å². The molecule has 0 fully saturated rings. The fraction of sp³-hybridized carbons (Fsp3) is 0.500. The minimum atomic E-state index is 0.121. The first-order chi connectivity index (χ1) is 5.95. The van der Waals surface area contributed by atoms with Crippen molar-refractivity contribution in [3.63, 3.8) is 0 Å². The van der Waals surface area contributed by atoms with Crippen LogP contribution in [0.5, 0.6) is 0 Å². The van der Waals surface area contributed by atoms with E-state index < -0.39 is 0 Å². The number of anilines is 1. The lowest BCUT2D eigenvalue weighted by atomic mass is 10.1. The first-order valence-electron chi connectivity index (χ1n) is 4.27. The fourth-order valence-electron chi connectivity index (χ4n) is 0.811. The van der Waals surface area contributed by atoms with Crippen LogP contribution in [0.4, 0.5) is 5.13 Å². The van der Waals surface area contributed by atoms with Gasteiger partial charge >= 0.3 is 0 Å². The van der Waals surface area contributed by atoms with Crippen LogP contribution in [0, 0.1) is 0 Å². The molecule has 3 heteroatoms. The number of nitrogens with zero attached hydrogens (tertiary/aromatic N) is 2. The molecule has 0 aromatic carbocycles. The quantitative estimate of drug-likeness (QED) is 0.723. The van der Waals surface area contributed by atoms with Crippen LogP contribution in [0.1, 0.15) is 26.5 Å². The van der Waals surface area contributed by atoms with Crippen molar-refractivity contribution < 1.29 is 0 Å². The van der Waals surface area contributed by atoms with E-state index in [9.17, 15) is 0 Å². The highest BCUT2D eigenvalue weighted by molar-refractivity contribution is 7.13. The summed E-state index contributed by atoms with van der Waals surface area (Å²) >= 11 is 1.65. The summed E-state index contributed by atoms with van der Waals surface area (Å²) in [7, 11) is 2.06. The summed E-state index contributed by atoms with van der Waals surface area (Å²) in [5.74, 6) is 0. The van der Waals surface area contributed by atoms with Crippen LogP contribution < -0.4 is 4.90 Å². The van der Waals surface area contributed by atoms with Gasteiger partial charge in [0.1, 0.15) is 0 Å². The molecule has 1 aromatic heterocycles. The molecule has 0 atom stereocenters. The number of aromatic nitrogens is 1. The predicted molar refractivity (Wildman–Crippen MR) is 60.4 cm³/mol. The van der Waals surface area contributed by atoms with Gasteiger partial charge in [0.15, 0.2) is 5.13 Å². The van der Waals surface area contributed by atoms with Crippen molar-refractivity contribution in [3.05, 3.63) is 17.7 Å². The Kier molecular flexibility index (Phi) is 2.76. The molecular formula is C10H16N2S. The molecule has 72 valence electrons. The number of hydrogen-bond acceptors (Lipinski definition) is 3. The van der Waals surface area contributed by atoms with Gasteiger partial charge in [-0.05, 0) is 26.8 Å². The fourth-order valence-corrected chi connectivity index (χ4v) is 1.78. The third-order valence-electron chi connectivity index (χ3n) is 2.01. The molecule has 0 bridgehead atoms. The third kappa shape index (κ3) is 2.31. The van der Waals surface area contributed by atoms with Gasteiger partial charge in [-0.15, -0.1) is 11.3 Å². The SMILES string of the molecule is C=Cc1csc(N(C)C(C)(C)C)n1. The van der Waals surface area contributed by atoms with E-state index in [1.165, 1.54) is 0 Å². The van der Waals surface area contributed by atoms with Gasteiger partial charge in [-0.2, -0.15) is 0 Å². The highest BCUT2D eigenvalue weighted by Crippen LogP contribution is 2.25. The summed E-state index contributed by atoms with van der Waals surface area (Å²) in [5.41, 5.74) is 1.08. The number of hydrogen-bond donors (Lipinski definition) is 0. The number of thiazole rings is 1. The van der Waals surface area contributed by atoms with Crippen molar-refractivity contribution in [2.75, 3.05) is 11.9 Å². The smallest absolute Gasteiger partial charge is 0.186 e. The van der Waals surface area contributed by atoms with E-state index in [1.54, 1.807) is 17.4 Å². The molecule has 0 spiro atoms. The minimum absolute atomic E-state index is 0.121. The van der Waals surface area contributed by atoms with Gasteiger partial charge in [0.2, 0.25) is 0 Å². The van der Waals surface area contributed by atoms with Crippen LogP contribution in [-0.2, 0) is 0 Å². The third-order valence-corrected chi connectivity index (χ3v) is 2.95. The highest BCUT2D eigenvalue weighted by atomic mass is 32.1. The van der Waals surface area contributed by atoms with Crippen LogP contribution in [0.25, 0.3) is 6.08 Å². The predicted octanol–water partition coefficient (Wildman–Crippen LogP) is 3.02. The first kappa shape index (κ1) is 10.3. The van der Waals surface area contributed by atoms with Crippen molar-refractivity contribution in [1.82, 2.24) is 4.98 Å². The largest absolute Gasteiger partial charge is 0.346 e. The summed E-state index contributed by atoms with van der Waals surface area (Å²) in [4.78, 5) is 6.59. The second-order valence-corrected chi connectivity index (χ2v) is 4.83. The summed E-state index contributed by atoms with van der Waals surface area (Å²) in [6.45, 7) is 10.2. The minimum Gasteiger partial charge on any atom is -0.346 e. The molecule has 0 radical (unpaired) electrons. The monoisotopic (exact) mass is 196 g/mol. The average molecular weight is 196 g/mol. The lowest BCUT2D eigenvalue weighted by Crippen LogP contribution is -2.37. The summed E-state index contributed by atoms with van der Waals surface area (Å²) in [6, 6.07) is 0. The van der Waals surface area contributed by atoms with E-state index in [4.69, 9.17) is 0 Å². The Morgan fingerprint density at radius 2 is 2.15 bits per heavy atom. The van der Waals surface area contributed by atoms with E-state index in [2.05, 4.69) is 44.3 Å². The summed E-state index contributed by atoms with van der Waals surface area (Å²) in [5, 5.41) is 3.06. The zero-order valence-corrected chi connectivity index (χ0v) is 9.48. The normalized spacial score (nSPS) is 11.4. The molecular weight excluding hydrogens is 180 g/mol. The Hall–Kier alpha value is -0.830. The van der Waals surface area contributed by atoms with Crippen molar-refractivity contribution in [2.24, 2.45) is 0 Å². The molecule has 1 rings (SSSR count). The van der Waals surface area contributed by atoms with Crippen LogP contribution >= 0.6 is 11.3 Å². The molecule has 1 aromatic rings. The molecule has 0 saturated carbocycles. The van der Waals surface area contributed by atoms with Gasteiger partial charge in [0.05, 0.1) is 5.69 Å². The molecule has 0 N–H and O–H groups in total.